The Morgan fingerprint density at radius 1 is 1.27 bits per heavy atom. The predicted molar refractivity (Wildman–Crippen MR) is 96.5 cm³/mol. The maximum atomic E-state index is 5.49. The summed E-state index contributed by atoms with van der Waals surface area (Å²) in [5.74, 6) is 2.01. The molecule has 0 amide bonds. The number of benzene rings is 1. The molecule has 0 spiro atoms. The Kier molecular flexibility index (Phi) is 4.90. The number of hydrogen-bond acceptors (Lipinski definition) is 7. The van der Waals surface area contributed by atoms with Crippen LogP contribution >= 0.6 is 0 Å². The summed E-state index contributed by atoms with van der Waals surface area (Å²) < 4.78 is 10.7. The maximum absolute atomic E-state index is 5.49. The fourth-order valence-corrected chi connectivity index (χ4v) is 3.19. The largest absolute Gasteiger partial charge is 0.497 e. The number of aromatic nitrogens is 3. The van der Waals surface area contributed by atoms with Crippen LogP contribution in [-0.4, -0.2) is 46.8 Å². The fourth-order valence-electron chi connectivity index (χ4n) is 3.19. The van der Waals surface area contributed by atoms with Gasteiger partial charge in [0.05, 0.1) is 13.7 Å². The van der Waals surface area contributed by atoms with Crippen LogP contribution in [0.5, 0.6) is 5.75 Å². The fraction of sp³-hybridized carbons (Fsp3) is 0.316. The molecule has 134 valence electrons. The van der Waals surface area contributed by atoms with Gasteiger partial charge in [-0.3, -0.25) is 9.88 Å². The summed E-state index contributed by atoms with van der Waals surface area (Å²) in [5.41, 5.74) is 2.10. The normalized spacial score (nSPS) is 18.0. The summed E-state index contributed by atoms with van der Waals surface area (Å²) in [4.78, 5) is 11.2. The molecule has 1 N–H and O–H groups in total. The number of hydrogen-bond donors (Lipinski definition) is 1. The summed E-state index contributed by atoms with van der Waals surface area (Å²) >= 11 is 0. The Hall–Kier alpha value is -2.77. The van der Waals surface area contributed by atoms with Gasteiger partial charge in [-0.1, -0.05) is 11.2 Å². The summed E-state index contributed by atoms with van der Waals surface area (Å²) in [5, 5.41) is 7.57. The molecule has 1 fully saturated rings. The second-order valence-electron chi connectivity index (χ2n) is 6.22. The second kappa shape index (κ2) is 7.63. The molecular weight excluding hydrogens is 330 g/mol. The first-order valence-electron chi connectivity index (χ1n) is 8.65. The first kappa shape index (κ1) is 16.7. The van der Waals surface area contributed by atoms with Crippen LogP contribution in [0.3, 0.4) is 0 Å². The summed E-state index contributed by atoms with van der Waals surface area (Å²) in [6.45, 7) is 3.35. The zero-order chi connectivity index (χ0) is 17.8. The van der Waals surface area contributed by atoms with Crippen molar-refractivity contribution in [3.05, 3.63) is 60.2 Å². The minimum Gasteiger partial charge on any atom is -0.497 e. The highest BCUT2D eigenvalue weighted by Gasteiger charge is 2.25. The average Bonchev–Trinajstić information content (AvgIpc) is 3.18. The van der Waals surface area contributed by atoms with E-state index >= 15 is 0 Å². The Balaban J connectivity index is 1.50. The van der Waals surface area contributed by atoms with Gasteiger partial charge < -0.3 is 14.6 Å². The lowest BCUT2D eigenvalue weighted by Crippen LogP contribution is -2.45. The highest BCUT2D eigenvalue weighted by Crippen LogP contribution is 2.24. The summed E-state index contributed by atoms with van der Waals surface area (Å²) in [6.07, 6.45) is 3.71. The van der Waals surface area contributed by atoms with Gasteiger partial charge in [0.2, 0.25) is 11.7 Å². The van der Waals surface area contributed by atoms with E-state index in [1.165, 1.54) is 5.56 Å². The van der Waals surface area contributed by atoms with Crippen molar-refractivity contribution in [3.8, 4) is 17.1 Å². The van der Waals surface area contributed by atoms with Gasteiger partial charge in [-0.05, 0) is 35.9 Å². The van der Waals surface area contributed by atoms with Crippen LogP contribution in [0, 0.1) is 0 Å². The number of rotatable bonds is 5. The van der Waals surface area contributed by atoms with Crippen LogP contribution in [0.1, 0.15) is 17.5 Å². The SMILES string of the molecule is COc1ccc(-c2noc(CN3CCNCC3c3cccnc3)n2)cc1. The van der Waals surface area contributed by atoms with E-state index in [9.17, 15) is 0 Å². The molecule has 26 heavy (non-hydrogen) atoms. The third kappa shape index (κ3) is 3.58. The van der Waals surface area contributed by atoms with Gasteiger partial charge in [0, 0.05) is 43.6 Å². The average molecular weight is 351 g/mol. The minimum absolute atomic E-state index is 0.244. The van der Waals surface area contributed by atoms with Gasteiger partial charge in [0.1, 0.15) is 5.75 Å². The molecule has 2 aromatic heterocycles. The van der Waals surface area contributed by atoms with E-state index in [4.69, 9.17) is 9.26 Å². The Bertz CT molecular complexity index is 835. The lowest BCUT2D eigenvalue weighted by molar-refractivity contribution is 0.135. The zero-order valence-corrected chi connectivity index (χ0v) is 14.6. The van der Waals surface area contributed by atoms with Crippen LogP contribution in [0.2, 0.25) is 0 Å². The zero-order valence-electron chi connectivity index (χ0n) is 14.6. The van der Waals surface area contributed by atoms with Crippen molar-refractivity contribution >= 4 is 0 Å². The van der Waals surface area contributed by atoms with Crippen molar-refractivity contribution in [2.24, 2.45) is 0 Å². The van der Waals surface area contributed by atoms with E-state index in [-0.39, 0.29) is 6.04 Å². The van der Waals surface area contributed by atoms with E-state index in [1.54, 1.807) is 13.3 Å². The van der Waals surface area contributed by atoms with Crippen LogP contribution in [-0.2, 0) is 6.54 Å². The quantitative estimate of drug-likeness (QED) is 0.756. The van der Waals surface area contributed by atoms with E-state index in [1.807, 2.05) is 36.5 Å². The maximum Gasteiger partial charge on any atom is 0.241 e. The molecule has 1 atom stereocenters. The predicted octanol–water partition coefficient (Wildman–Crippen LogP) is 2.29. The molecule has 0 aliphatic carbocycles. The lowest BCUT2D eigenvalue weighted by Gasteiger charge is -2.35. The molecule has 0 radical (unpaired) electrons. The second-order valence-corrected chi connectivity index (χ2v) is 6.22. The van der Waals surface area contributed by atoms with Gasteiger partial charge in [-0.15, -0.1) is 0 Å². The molecule has 1 aliphatic rings. The van der Waals surface area contributed by atoms with Gasteiger partial charge in [-0.25, -0.2) is 0 Å². The number of piperazine rings is 1. The van der Waals surface area contributed by atoms with Crippen molar-refractivity contribution in [1.29, 1.82) is 0 Å². The third-order valence-corrected chi connectivity index (χ3v) is 4.58. The van der Waals surface area contributed by atoms with Crippen LogP contribution in [0.4, 0.5) is 0 Å². The van der Waals surface area contributed by atoms with Gasteiger partial charge in [-0.2, -0.15) is 4.98 Å². The monoisotopic (exact) mass is 351 g/mol. The van der Waals surface area contributed by atoms with E-state index in [0.29, 0.717) is 18.3 Å². The molecule has 1 aliphatic heterocycles. The molecule has 7 nitrogen and oxygen atoms in total. The Morgan fingerprint density at radius 2 is 2.15 bits per heavy atom. The topological polar surface area (TPSA) is 76.3 Å². The molecule has 1 saturated heterocycles. The number of ether oxygens (including phenoxy) is 1. The van der Waals surface area contributed by atoms with Gasteiger partial charge >= 0.3 is 0 Å². The van der Waals surface area contributed by atoms with E-state index in [0.717, 1.165) is 30.9 Å². The first-order valence-corrected chi connectivity index (χ1v) is 8.65. The molecule has 3 aromatic rings. The molecule has 1 aromatic carbocycles. The molecule has 3 heterocycles. The molecule has 0 saturated carbocycles. The highest BCUT2D eigenvalue weighted by atomic mass is 16.5. The first-order chi connectivity index (χ1) is 12.8. The van der Waals surface area contributed by atoms with Crippen molar-refractivity contribution in [3.63, 3.8) is 0 Å². The molecule has 4 rings (SSSR count). The number of nitrogens with one attached hydrogen (secondary N) is 1. The third-order valence-electron chi connectivity index (χ3n) is 4.58. The lowest BCUT2D eigenvalue weighted by atomic mass is 10.1. The van der Waals surface area contributed by atoms with Crippen LogP contribution in [0.25, 0.3) is 11.4 Å². The molecular formula is C19H21N5O2. The van der Waals surface area contributed by atoms with Gasteiger partial charge in [0.25, 0.3) is 0 Å². The van der Waals surface area contributed by atoms with Gasteiger partial charge in [0.15, 0.2) is 0 Å². The van der Waals surface area contributed by atoms with Crippen molar-refractivity contribution < 1.29 is 9.26 Å². The van der Waals surface area contributed by atoms with Crippen LogP contribution < -0.4 is 10.1 Å². The molecule has 0 bridgehead atoms. The molecule has 7 heteroatoms. The van der Waals surface area contributed by atoms with E-state index < -0.39 is 0 Å². The number of nitrogens with zero attached hydrogens (tertiary/aromatic N) is 4. The van der Waals surface area contributed by atoms with Crippen molar-refractivity contribution in [2.45, 2.75) is 12.6 Å². The Labute approximate surface area is 152 Å². The number of pyridine rings is 1. The summed E-state index contributed by atoms with van der Waals surface area (Å²) in [6, 6.07) is 12.0. The standard InChI is InChI=1S/C19H21N5O2/c1-25-16-6-4-14(5-7-16)19-22-18(26-23-19)13-24-10-9-21-12-17(24)15-3-2-8-20-11-15/h2-8,11,17,21H,9-10,12-13H2,1H3. The van der Waals surface area contributed by atoms with E-state index in [2.05, 4.69) is 31.4 Å². The smallest absolute Gasteiger partial charge is 0.241 e. The van der Waals surface area contributed by atoms with Crippen molar-refractivity contribution in [2.75, 3.05) is 26.7 Å². The molecule has 1 unspecified atom stereocenters. The van der Waals surface area contributed by atoms with Crippen molar-refractivity contribution in [1.82, 2.24) is 25.3 Å². The number of methoxy groups -OCH3 is 1. The highest BCUT2D eigenvalue weighted by molar-refractivity contribution is 5.55. The summed E-state index contributed by atoms with van der Waals surface area (Å²) in [7, 11) is 1.65. The van der Waals surface area contributed by atoms with Crippen LogP contribution in [0.15, 0.2) is 53.3 Å². The Morgan fingerprint density at radius 3 is 2.92 bits per heavy atom. The minimum atomic E-state index is 0.244.